The molecule has 0 aliphatic heterocycles. The van der Waals surface area contributed by atoms with E-state index in [0.717, 1.165) is 16.8 Å². The molecule has 1 amide bonds. The van der Waals surface area contributed by atoms with Crippen LogP contribution in [0.3, 0.4) is 0 Å². The highest BCUT2D eigenvalue weighted by Gasteiger charge is 2.32. The maximum atomic E-state index is 14.0. The highest BCUT2D eigenvalue weighted by atomic mass is 35.5. The number of hydrogen-bond donors (Lipinski definition) is 1. The normalized spacial score (nSPS) is 12.3. The zero-order valence-corrected chi connectivity index (χ0v) is 22.6. The van der Waals surface area contributed by atoms with Crippen molar-refractivity contribution < 1.29 is 4.79 Å². The number of rotatable bonds is 9. The first-order chi connectivity index (χ1) is 17.7. The summed E-state index contributed by atoms with van der Waals surface area (Å²) in [6, 6.07) is 18.9. The van der Waals surface area contributed by atoms with Crippen molar-refractivity contribution in [3.8, 4) is 0 Å². The van der Waals surface area contributed by atoms with Gasteiger partial charge in [0.25, 0.3) is 5.91 Å². The fourth-order valence-electron chi connectivity index (χ4n) is 4.84. The maximum Gasteiger partial charge on any atom is 0.349 e. The Labute approximate surface area is 222 Å². The number of halogens is 1. The number of hydrogen-bond acceptors (Lipinski definition) is 4. The van der Waals surface area contributed by atoms with Crippen molar-refractivity contribution in [1.82, 2.24) is 19.1 Å². The number of aromatic nitrogens is 3. The van der Waals surface area contributed by atoms with Crippen LogP contribution in [0.4, 0.5) is 0 Å². The van der Waals surface area contributed by atoms with E-state index in [0.29, 0.717) is 47.9 Å². The van der Waals surface area contributed by atoms with Crippen molar-refractivity contribution in [2.45, 2.75) is 46.7 Å². The predicted molar refractivity (Wildman–Crippen MR) is 148 cm³/mol. The van der Waals surface area contributed by atoms with E-state index < -0.39 is 6.04 Å². The molecular formula is C29H34ClN5O2. The monoisotopic (exact) mass is 519 g/mol. The van der Waals surface area contributed by atoms with Crippen LogP contribution in [0.5, 0.6) is 0 Å². The molecule has 7 nitrogen and oxygen atoms in total. The van der Waals surface area contributed by atoms with Crippen LogP contribution in [0.25, 0.3) is 5.52 Å². The lowest BCUT2D eigenvalue weighted by Gasteiger charge is -2.36. The molecule has 0 unspecified atom stereocenters. The van der Waals surface area contributed by atoms with Crippen LogP contribution in [0.1, 0.15) is 59.2 Å². The van der Waals surface area contributed by atoms with Crippen LogP contribution in [-0.2, 0) is 6.54 Å². The Morgan fingerprint density at radius 3 is 2.46 bits per heavy atom. The minimum Gasteiger partial charge on any atom is -0.330 e. The van der Waals surface area contributed by atoms with E-state index in [-0.39, 0.29) is 17.5 Å². The summed E-state index contributed by atoms with van der Waals surface area (Å²) in [5, 5.41) is 4.84. The molecule has 2 aromatic heterocycles. The van der Waals surface area contributed by atoms with Crippen molar-refractivity contribution in [2.75, 3.05) is 13.1 Å². The van der Waals surface area contributed by atoms with Gasteiger partial charge in [-0.05, 0) is 56.5 Å². The first kappa shape index (κ1) is 26.6. The molecule has 194 valence electrons. The van der Waals surface area contributed by atoms with Gasteiger partial charge >= 0.3 is 5.69 Å². The molecule has 0 saturated carbocycles. The number of aryl methyl sites for hydroxylation is 2. The molecule has 4 rings (SSSR count). The molecule has 2 heterocycles. The summed E-state index contributed by atoms with van der Waals surface area (Å²) in [6.07, 6.45) is 0.637. The number of carbonyl (C=O) groups excluding carboxylic acids is 1. The van der Waals surface area contributed by atoms with E-state index in [1.165, 1.54) is 4.52 Å². The largest absolute Gasteiger partial charge is 0.349 e. The fourth-order valence-corrected chi connectivity index (χ4v) is 5.02. The topological polar surface area (TPSA) is 85.6 Å². The highest BCUT2D eigenvalue weighted by Crippen LogP contribution is 2.32. The fraction of sp³-hybridized carbons (Fsp3) is 0.345. The standard InChI is InChI=1S/C29H34ClN5O2/c1-19(2)27(33(15-9-14-31)28(36)23-13-8-10-20(3)16-23)25-17-24-26(30)21(4)32-35(24)29(37)34(25)18-22-11-6-5-7-12-22/h5-8,10-13,16-17,19,27H,9,14-15,18,31H2,1-4H3/t27-/m1/s1. The Bertz CT molecular complexity index is 1460. The van der Waals surface area contributed by atoms with Gasteiger partial charge in [0.2, 0.25) is 0 Å². The zero-order chi connectivity index (χ0) is 26.7. The molecule has 1 atom stereocenters. The first-order valence-corrected chi connectivity index (χ1v) is 13.0. The number of carbonyl (C=O) groups is 1. The van der Waals surface area contributed by atoms with E-state index in [1.807, 2.05) is 72.5 Å². The minimum absolute atomic E-state index is 0.00167. The van der Waals surface area contributed by atoms with Crippen LogP contribution in [0.2, 0.25) is 5.02 Å². The van der Waals surface area contributed by atoms with Gasteiger partial charge in [0.1, 0.15) is 0 Å². The van der Waals surface area contributed by atoms with Gasteiger partial charge in [0.05, 0.1) is 28.8 Å². The number of nitrogens with zero attached hydrogens (tertiary/aromatic N) is 4. The van der Waals surface area contributed by atoms with Crippen LogP contribution in [0.15, 0.2) is 65.5 Å². The van der Waals surface area contributed by atoms with Gasteiger partial charge in [-0.25, -0.2) is 4.79 Å². The summed E-state index contributed by atoms with van der Waals surface area (Å²) in [5.74, 6) is -0.0941. The van der Waals surface area contributed by atoms with Gasteiger partial charge in [-0.15, -0.1) is 0 Å². The van der Waals surface area contributed by atoms with E-state index in [1.54, 1.807) is 11.5 Å². The molecule has 0 spiro atoms. The van der Waals surface area contributed by atoms with Crippen molar-refractivity contribution in [3.05, 3.63) is 104 Å². The van der Waals surface area contributed by atoms with Gasteiger partial charge in [-0.3, -0.25) is 9.36 Å². The zero-order valence-electron chi connectivity index (χ0n) is 21.8. The van der Waals surface area contributed by atoms with Gasteiger partial charge < -0.3 is 10.6 Å². The third-order valence-corrected chi connectivity index (χ3v) is 7.08. The minimum atomic E-state index is -0.396. The molecule has 0 aliphatic rings. The quantitative estimate of drug-likeness (QED) is 0.337. The molecule has 37 heavy (non-hydrogen) atoms. The molecule has 2 aromatic carbocycles. The smallest absolute Gasteiger partial charge is 0.330 e. The average Bonchev–Trinajstić information content (AvgIpc) is 3.17. The molecule has 0 saturated heterocycles. The van der Waals surface area contributed by atoms with E-state index in [2.05, 4.69) is 18.9 Å². The van der Waals surface area contributed by atoms with Gasteiger partial charge in [-0.1, -0.05) is 73.5 Å². The lowest BCUT2D eigenvalue weighted by Crippen LogP contribution is -2.42. The Balaban J connectivity index is 1.95. The molecule has 8 heteroatoms. The third-order valence-electron chi connectivity index (χ3n) is 6.61. The summed E-state index contributed by atoms with van der Waals surface area (Å²) >= 11 is 6.59. The molecule has 4 aromatic rings. The molecule has 0 fully saturated rings. The molecule has 0 bridgehead atoms. The van der Waals surface area contributed by atoms with Crippen molar-refractivity contribution in [1.29, 1.82) is 0 Å². The molecular weight excluding hydrogens is 486 g/mol. The predicted octanol–water partition coefficient (Wildman–Crippen LogP) is 5.00. The van der Waals surface area contributed by atoms with Crippen LogP contribution < -0.4 is 11.4 Å². The summed E-state index contributed by atoms with van der Waals surface area (Å²) in [6.45, 7) is 9.13. The SMILES string of the molecule is Cc1cccc(C(=O)N(CCCN)[C@@H](c2cc3c(Cl)c(C)nn3c(=O)n2Cc2ccccc2)C(C)C)c1. The maximum absolute atomic E-state index is 14.0. The Hall–Kier alpha value is -3.42. The van der Waals surface area contributed by atoms with E-state index in [4.69, 9.17) is 17.3 Å². The van der Waals surface area contributed by atoms with Crippen molar-refractivity contribution in [3.63, 3.8) is 0 Å². The summed E-state index contributed by atoms with van der Waals surface area (Å²) in [4.78, 5) is 29.7. The molecule has 0 radical (unpaired) electrons. The number of benzene rings is 2. The summed E-state index contributed by atoms with van der Waals surface area (Å²) in [7, 11) is 0. The van der Waals surface area contributed by atoms with Gasteiger partial charge in [-0.2, -0.15) is 9.61 Å². The summed E-state index contributed by atoms with van der Waals surface area (Å²) in [5.41, 5.74) is 10.0. The van der Waals surface area contributed by atoms with Crippen molar-refractivity contribution in [2.24, 2.45) is 11.7 Å². The second-order valence-corrected chi connectivity index (χ2v) is 10.2. The first-order valence-electron chi connectivity index (χ1n) is 12.6. The molecule has 0 aliphatic carbocycles. The Morgan fingerprint density at radius 2 is 1.81 bits per heavy atom. The van der Waals surface area contributed by atoms with Crippen LogP contribution in [-0.4, -0.2) is 38.1 Å². The van der Waals surface area contributed by atoms with E-state index >= 15 is 0 Å². The number of fused-ring (bicyclic) bond motifs is 1. The second kappa shape index (κ2) is 11.3. The second-order valence-electron chi connectivity index (χ2n) is 9.82. The van der Waals surface area contributed by atoms with E-state index in [9.17, 15) is 9.59 Å². The van der Waals surface area contributed by atoms with Gasteiger partial charge in [0, 0.05) is 17.8 Å². The number of amides is 1. The highest BCUT2D eigenvalue weighted by molar-refractivity contribution is 6.34. The Morgan fingerprint density at radius 1 is 1.08 bits per heavy atom. The van der Waals surface area contributed by atoms with Gasteiger partial charge in [0.15, 0.2) is 0 Å². The third kappa shape index (κ3) is 5.48. The van der Waals surface area contributed by atoms with Crippen molar-refractivity contribution >= 4 is 23.0 Å². The van der Waals surface area contributed by atoms with Crippen LogP contribution >= 0.6 is 11.6 Å². The number of nitrogens with two attached hydrogens (primary N) is 1. The average molecular weight is 520 g/mol. The van der Waals surface area contributed by atoms with Crippen LogP contribution in [0, 0.1) is 19.8 Å². The Kier molecular flexibility index (Phi) is 8.15. The lowest BCUT2D eigenvalue weighted by atomic mass is 9.96. The lowest BCUT2D eigenvalue weighted by molar-refractivity contribution is 0.0609. The summed E-state index contributed by atoms with van der Waals surface area (Å²) < 4.78 is 3.07. The molecule has 2 N–H and O–H groups in total.